The fourth-order valence-corrected chi connectivity index (χ4v) is 1.47. The van der Waals surface area contributed by atoms with Gasteiger partial charge in [0.25, 0.3) is 0 Å². The first-order chi connectivity index (χ1) is 7.23. The smallest absolute Gasteiger partial charge is 0.180 e. The number of rotatable bonds is 2. The van der Waals surface area contributed by atoms with Gasteiger partial charge >= 0.3 is 0 Å². The van der Waals surface area contributed by atoms with E-state index in [0.717, 1.165) is 5.56 Å². The van der Waals surface area contributed by atoms with Crippen molar-refractivity contribution in [2.24, 2.45) is 11.1 Å². The predicted octanol–water partition coefficient (Wildman–Crippen LogP) is 2.86. The summed E-state index contributed by atoms with van der Waals surface area (Å²) in [6, 6.07) is 5.30. The first kappa shape index (κ1) is 12.9. The van der Waals surface area contributed by atoms with Gasteiger partial charge in [0, 0.05) is 5.56 Å². The van der Waals surface area contributed by atoms with E-state index in [-0.39, 0.29) is 11.2 Å². The van der Waals surface area contributed by atoms with Crippen LogP contribution in [0.2, 0.25) is 0 Å². The molecule has 0 heterocycles. The predicted molar refractivity (Wildman–Crippen MR) is 67.7 cm³/mol. The maximum absolute atomic E-state index is 12.1. The van der Waals surface area contributed by atoms with E-state index >= 15 is 0 Å². The normalized spacial score (nSPS) is 13.6. The zero-order valence-electron chi connectivity index (χ0n) is 10.8. The van der Waals surface area contributed by atoms with Crippen LogP contribution in [0.15, 0.2) is 18.2 Å². The maximum atomic E-state index is 12.1. The van der Waals surface area contributed by atoms with Crippen LogP contribution in [0.3, 0.4) is 0 Å². The van der Waals surface area contributed by atoms with E-state index in [2.05, 4.69) is 0 Å². The second-order valence-electron chi connectivity index (χ2n) is 5.51. The summed E-state index contributed by atoms with van der Waals surface area (Å²) in [6.07, 6.45) is 0. The molecule has 0 aliphatic carbocycles. The number of ketones is 1. The summed E-state index contributed by atoms with van der Waals surface area (Å²) in [5.41, 5.74) is 8.81. The number of benzene rings is 1. The lowest BCUT2D eigenvalue weighted by Gasteiger charge is -2.25. The van der Waals surface area contributed by atoms with Crippen molar-refractivity contribution < 1.29 is 4.79 Å². The molecule has 0 aliphatic rings. The number of carbonyl (C=O) groups is 1. The topological polar surface area (TPSA) is 43.1 Å². The Morgan fingerprint density at radius 3 is 2.19 bits per heavy atom. The van der Waals surface area contributed by atoms with E-state index in [4.69, 9.17) is 5.73 Å². The lowest BCUT2D eigenvalue weighted by Crippen LogP contribution is -2.42. The van der Waals surface area contributed by atoms with Crippen LogP contribution in [0.4, 0.5) is 0 Å². The van der Waals surface area contributed by atoms with Crippen LogP contribution in [-0.4, -0.2) is 11.8 Å². The van der Waals surface area contributed by atoms with Crippen LogP contribution < -0.4 is 5.73 Å². The summed E-state index contributed by atoms with van der Waals surface area (Å²) in [6.45, 7) is 9.99. The molecule has 0 aliphatic heterocycles. The SMILES string of the molecule is Cc1ccc(C(=O)C(N)C(C)(C)C)cc1C. The first-order valence-corrected chi connectivity index (χ1v) is 5.60. The van der Waals surface area contributed by atoms with Crippen LogP contribution in [0.5, 0.6) is 0 Å². The fraction of sp³-hybridized carbons (Fsp3) is 0.500. The Labute approximate surface area is 97.9 Å². The molecule has 1 aromatic carbocycles. The molecule has 0 bridgehead atoms. The minimum atomic E-state index is -0.449. The van der Waals surface area contributed by atoms with Gasteiger partial charge in [-0.3, -0.25) is 4.79 Å². The highest BCUT2D eigenvalue weighted by Gasteiger charge is 2.28. The highest BCUT2D eigenvalue weighted by atomic mass is 16.1. The second-order valence-corrected chi connectivity index (χ2v) is 5.51. The Morgan fingerprint density at radius 1 is 1.19 bits per heavy atom. The number of aryl methyl sites for hydroxylation is 2. The van der Waals surface area contributed by atoms with E-state index in [1.165, 1.54) is 5.56 Å². The first-order valence-electron chi connectivity index (χ1n) is 5.60. The summed E-state index contributed by atoms with van der Waals surface area (Å²) >= 11 is 0. The molecule has 1 aromatic rings. The molecule has 2 heteroatoms. The molecular weight excluding hydrogens is 198 g/mol. The van der Waals surface area contributed by atoms with Crippen molar-refractivity contribution in [1.29, 1.82) is 0 Å². The average Bonchev–Trinajstić information content (AvgIpc) is 2.18. The van der Waals surface area contributed by atoms with Gasteiger partial charge < -0.3 is 5.73 Å². The quantitative estimate of drug-likeness (QED) is 0.777. The molecule has 16 heavy (non-hydrogen) atoms. The lowest BCUT2D eigenvalue weighted by atomic mass is 9.82. The number of Topliss-reactive ketones (excluding diaryl/α,β-unsaturated/α-hetero) is 1. The van der Waals surface area contributed by atoms with Gasteiger partial charge in [-0.2, -0.15) is 0 Å². The van der Waals surface area contributed by atoms with Gasteiger partial charge in [0.15, 0.2) is 5.78 Å². The summed E-state index contributed by atoms with van der Waals surface area (Å²) in [4.78, 5) is 12.1. The Kier molecular flexibility index (Phi) is 3.54. The van der Waals surface area contributed by atoms with E-state index < -0.39 is 6.04 Å². The van der Waals surface area contributed by atoms with Gasteiger partial charge in [-0.25, -0.2) is 0 Å². The van der Waals surface area contributed by atoms with Crippen LogP contribution in [0.25, 0.3) is 0 Å². The zero-order chi connectivity index (χ0) is 12.5. The molecule has 0 saturated carbocycles. The van der Waals surface area contributed by atoms with Crippen molar-refractivity contribution >= 4 is 5.78 Å². The summed E-state index contributed by atoms with van der Waals surface area (Å²) in [5, 5.41) is 0. The monoisotopic (exact) mass is 219 g/mol. The Balaban J connectivity index is 3.02. The van der Waals surface area contributed by atoms with Crippen molar-refractivity contribution in [1.82, 2.24) is 0 Å². The van der Waals surface area contributed by atoms with Crippen LogP contribution in [0.1, 0.15) is 42.3 Å². The maximum Gasteiger partial charge on any atom is 0.180 e. The average molecular weight is 219 g/mol. The molecule has 2 nitrogen and oxygen atoms in total. The highest BCUT2D eigenvalue weighted by Crippen LogP contribution is 2.21. The Morgan fingerprint density at radius 2 is 1.75 bits per heavy atom. The molecular formula is C14H21NO. The summed E-state index contributed by atoms with van der Waals surface area (Å²) < 4.78 is 0. The van der Waals surface area contributed by atoms with Crippen molar-refractivity contribution in [3.63, 3.8) is 0 Å². The van der Waals surface area contributed by atoms with Crippen molar-refractivity contribution in [3.05, 3.63) is 34.9 Å². The number of carbonyl (C=O) groups excluding carboxylic acids is 1. The van der Waals surface area contributed by atoms with Gasteiger partial charge in [-0.1, -0.05) is 32.9 Å². The number of hydrogen-bond acceptors (Lipinski definition) is 2. The van der Waals surface area contributed by atoms with Crippen LogP contribution in [0, 0.1) is 19.3 Å². The van der Waals surface area contributed by atoms with E-state index in [0.29, 0.717) is 5.56 Å². The summed E-state index contributed by atoms with van der Waals surface area (Å²) in [7, 11) is 0. The van der Waals surface area contributed by atoms with Crippen LogP contribution >= 0.6 is 0 Å². The third-order valence-corrected chi connectivity index (χ3v) is 3.01. The molecule has 1 atom stereocenters. The molecule has 1 unspecified atom stereocenters. The molecule has 88 valence electrons. The number of hydrogen-bond donors (Lipinski definition) is 1. The molecule has 0 amide bonds. The molecule has 2 N–H and O–H groups in total. The Hall–Kier alpha value is -1.15. The van der Waals surface area contributed by atoms with E-state index in [1.54, 1.807) is 0 Å². The highest BCUT2D eigenvalue weighted by molar-refractivity contribution is 6.00. The molecule has 0 radical (unpaired) electrons. The van der Waals surface area contributed by atoms with Gasteiger partial charge in [0.1, 0.15) is 0 Å². The molecule has 0 aromatic heterocycles. The van der Waals surface area contributed by atoms with E-state index in [9.17, 15) is 4.79 Å². The van der Waals surface area contributed by atoms with Gasteiger partial charge in [0.05, 0.1) is 6.04 Å². The molecule has 0 saturated heterocycles. The van der Waals surface area contributed by atoms with Crippen molar-refractivity contribution in [2.75, 3.05) is 0 Å². The van der Waals surface area contributed by atoms with Crippen LogP contribution in [-0.2, 0) is 0 Å². The Bertz CT molecular complexity index is 402. The molecule has 0 spiro atoms. The third-order valence-electron chi connectivity index (χ3n) is 3.01. The minimum absolute atomic E-state index is 0.0237. The number of nitrogens with two attached hydrogens (primary N) is 1. The standard InChI is InChI=1S/C14H21NO/c1-9-6-7-11(8-10(9)2)12(16)13(15)14(3,4)5/h6-8,13H,15H2,1-5H3. The zero-order valence-corrected chi connectivity index (χ0v) is 10.8. The summed E-state index contributed by atoms with van der Waals surface area (Å²) in [5.74, 6) is 0.0237. The van der Waals surface area contributed by atoms with Crippen molar-refractivity contribution in [3.8, 4) is 0 Å². The lowest BCUT2D eigenvalue weighted by molar-refractivity contribution is 0.0901. The van der Waals surface area contributed by atoms with Gasteiger partial charge in [-0.15, -0.1) is 0 Å². The fourth-order valence-electron chi connectivity index (χ4n) is 1.47. The van der Waals surface area contributed by atoms with Gasteiger partial charge in [0.2, 0.25) is 0 Å². The van der Waals surface area contributed by atoms with E-state index in [1.807, 2.05) is 52.8 Å². The van der Waals surface area contributed by atoms with Gasteiger partial charge in [-0.05, 0) is 36.5 Å². The van der Waals surface area contributed by atoms with Crippen molar-refractivity contribution in [2.45, 2.75) is 40.7 Å². The molecule has 1 rings (SSSR count). The molecule has 0 fully saturated rings. The minimum Gasteiger partial charge on any atom is -0.321 e. The third kappa shape index (κ3) is 2.70. The largest absolute Gasteiger partial charge is 0.321 e. The second kappa shape index (κ2) is 4.38.